The minimum absolute atomic E-state index is 0.00183. The predicted molar refractivity (Wildman–Crippen MR) is 69.9 cm³/mol. The number of nitrogens with zero attached hydrogens (tertiary/aromatic N) is 3. The van der Waals surface area contributed by atoms with Crippen molar-refractivity contribution < 1.29 is 9.50 Å². The Morgan fingerprint density at radius 1 is 1.26 bits per heavy atom. The lowest BCUT2D eigenvalue weighted by atomic mass is 10.2. The van der Waals surface area contributed by atoms with Gasteiger partial charge in [-0.1, -0.05) is 0 Å². The first-order valence-electron chi connectivity index (χ1n) is 6.25. The van der Waals surface area contributed by atoms with E-state index < -0.39 is 0 Å². The average Bonchev–Trinajstić information content (AvgIpc) is 2.81. The van der Waals surface area contributed by atoms with E-state index in [1.807, 2.05) is 0 Å². The minimum Gasteiger partial charge on any atom is -0.394 e. The maximum Gasteiger partial charge on any atom is 0.181 e. The average molecular weight is 264 g/mol. The number of hydrogen-bond donors (Lipinski definition) is 2. The first-order chi connectivity index (χ1) is 9.24. The largest absolute Gasteiger partial charge is 0.394 e. The fraction of sp³-hybridized carbons (Fsp3) is 0.385. The first kappa shape index (κ1) is 13.6. The topological polar surface area (TPSA) is 77.0 Å². The van der Waals surface area contributed by atoms with Crippen LogP contribution in [0.2, 0.25) is 0 Å². The summed E-state index contributed by atoms with van der Waals surface area (Å²) >= 11 is 0. The second-order valence-corrected chi connectivity index (χ2v) is 4.20. The summed E-state index contributed by atoms with van der Waals surface area (Å²) in [6.07, 6.45) is 1.53. The lowest BCUT2D eigenvalue weighted by Gasteiger charge is -2.01. The van der Waals surface area contributed by atoms with E-state index >= 15 is 0 Å². The Morgan fingerprint density at radius 3 is 2.63 bits per heavy atom. The van der Waals surface area contributed by atoms with E-state index in [-0.39, 0.29) is 12.4 Å². The Labute approximate surface area is 110 Å². The Morgan fingerprint density at radius 2 is 2.00 bits per heavy atom. The lowest BCUT2D eigenvalue weighted by molar-refractivity contribution is 0.267. The van der Waals surface area contributed by atoms with Gasteiger partial charge in [-0.25, -0.2) is 14.1 Å². The van der Waals surface area contributed by atoms with Gasteiger partial charge in [0.25, 0.3) is 0 Å². The highest BCUT2D eigenvalue weighted by atomic mass is 19.1. The van der Waals surface area contributed by atoms with E-state index in [0.717, 1.165) is 17.8 Å². The molecule has 1 heterocycles. The number of halogens is 1. The first-order valence-corrected chi connectivity index (χ1v) is 6.25. The number of nitrogens with two attached hydrogens (primary N) is 1. The third kappa shape index (κ3) is 3.36. The van der Waals surface area contributed by atoms with Crippen LogP contribution in [0.4, 0.5) is 4.39 Å². The van der Waals surface area contributed by atoms with Crippen molar-refractivity contribution in [1.29, 1.82) is 0 Å². The van der Waals surface area contributed by atoms with Crippen LogP contribution in [-0.4, -0.2) is 33.0 Å². The molecule has 102 valence electrons. The smallest absolute Gasteiger partial charge is 0.181 e. The van der Waals surface area contributed by atoms with Crippen molar-refractivity contribution in [3.63, 3.8) is 0 Å². The predicted octanol–water partition coefficient (Wildman–Crippen LogP) is 0.968. The van der Waals surface area contributed by atoms with Crippen LogP contribution in [0.1, 0.15) is 12.2 Å². The van der Waals surface area contributed by atoms with E-state index in [1.54, 1.807) is 16.8 Å². The number of aliphatic hydroxyl groups excluding tert-OH is 1. The van der Waals surface area contributed by atoms with E-state index in [1.165, 1.54) is 12.1 Å². The maximum absolute atomic E-state index is 12.9. The van der Waals surface area contributed by atoms with Gasteiger partial charge in [0.15, 0.2) is 5.82 Å². The van der Waals surface area contributed by atoms with Gasteiger partial charge in [-0.05, 0) is 37.2 Å². The van der Waals surface area contributed by atoms with Gasteiger partial charge < -0.3 is 10.8 Å². The quantitative estimate of drug-likeness (QED) is 0.815. The molecule has 0 amide bonds. The summed E-state index contributed by atoms with van der Waals surface area (Å²) in [5, 5.41) is 13.4. The molecule has 0 saturated heterocycles. The van der Waals surface area contributed by atoms with Crippen molar-refractivity contribution in [3.05, 3.63) is 35.9 Å². The van der Waals surface area contributed by atoms with Crippen LogP contribution in [0.5, 0.6) is 0 Å². The summed E-state index contributed by atoms with van der Waals surface area (Å²) in [6.45, 7) is 0.980. The van der Waals surface area contributed by atoms with E-state index in [9.17, 15) is 4.39 Å². The van der Waals surface area contributed by atoms with Crippen LogP contribution >= 0.6 is 0 Å². The van der Waals surface area contributed by atoms with E-state index in [0.29, 0.717) is 25.3 Å². The van der Waals surface area contributed by atoms with Gasteiger partial charge in [-0.3, -0.25) is 0 Å². The standard InChI is InChI=1S/C13H17FN4O/c14-11-5-3-10(4-6-11)13-16-12(2-1-7-15)18(17-13)8-9-19/h3-6,19H,1-2,7-9,15H2. The highest BCUT2D eigenvalue weighted by Gasteiger charge is 2.11. The fourth-order valence-electron chi connectivity index (χ4n) is 1.81. The summed E-state index contributed by atoms with van der Waals surface area (Å²) in [5.41, 5.74) is 6.24. The van der Waals surface area contributed by atoms with Crippen molar-refractivity contribution in [1.82, 2.24) is 14.8 Å². The highest BCUT2D eigenvalue weighted by molar-refractivity contribution is 5.54. The molecular formula is C13H17FN4O. The summed E-state index contributed by atoms with van der Waals surface area (Å²) in [5.74, 6) is 1.04. The number of aromatic nitrogens is 3. The zero-order chi connectivity index (χ0) is 13.7. The molecule has 2 aromatic rings. The Bertz CT molecular complexity index is 524. The highest BCUT2D eigenvalue weighted by Crippen LogP contribution is 2.16. The summed E-state index contributed by atoms with van der Waals surface area (Å²) in [6, 6.07) is 6.03. The zero-order valence-corrected chi connectivity index (χ0v) is 10.6. The molecule has 6 heteroatoms. The van der Waals surface area contributed by atoms with Crippen molar-refractivity contribution in [2.24, 2.45) is 5.73 Å². The molecule has 5 nitrogen and oxygen atoms in total. The second kappa shape index (κ2) is 6.40. The molecule has 0 aliphatic carbocycles. The molecule has 0 spiro atoms. The normalized spacial score (nSPS) is 10.9. The Balaban J connectivity index is 2.27. The van der Waals surface area contributed by atoms with Crippen molar-refractivity contribution in [2.45, 2.75) is 19.4 Å². The third-order valence-electron chi connectivity index (χ3n) is 2.77. The second-order valence-electron chi connectivity index (χ2n) is 4.20. The van der Waals surface area contributed by atoms with Gasteiger partial charge in [0.05, 0.1) is 13.2 Å². The van der Waals surface area contributed by atoms with Crippen molar-refractivity contribution in [3.8, 4) is 11.4 Å². The van der Waals surface area contributed by atoms with Crippen LogP contribution in [0, 0.1) is 5.82 Å². The van der Waals surface area contributed by atoms with Crippen LogP contribution in [0.25, 0.3) is 11.4 Å². The van der Waals surface area contributed by atoms with Gasteiger partial charge in [-0.15, -0.1) is 0 Å². The number of hydrogen-bond acceptors (Lipinski definition) is 4. The van der Waals surface area contributed by atoms with Gasteiger partial charge in [0.2, 0.25) is 0 Å². The van der Waals surface area contributed by atoms with Crippen LogP contribution < -0.4 is 5.73 Å². The van der Waals surface area contributed by atoms with Gasteiger partial charge in [-0.2, -0.15) is 5.10 Å². The Hall–Kier alpha value is -1.79. The maximum atomic E-state index is 12.9. The summed E-state index contributed by atoms with van der Waals surface area (Å²) in [4.78, 5) is 4.43. The molecule has 3 N–H and O–H groups in total. The molecule has 0 aliphatic rings. The zero-order valence-electron chi connectivity index (χ0n) is 10.6. The van der Waals surface area contributed by atoms with Crippen LogP contribution in [0.3, 0.4) is 0 Å². The van der Waals surface area contributed by atoms with Crippen LogP contribution in [-0.2, 0) is 13.0 Å². The molecule has 0 atom stereocenters. The number of aliphatic hydroxyl groups is 1. The molecule has 0 bridgehead atoms. The molecule has 0 saturated carbocycles. The monoisotopic (exact) mass is 264 g/mol. The van der Waals surface area contributed by atoms with E-state index in [2.05, 4.69) is 10.1 Å². The van der Waals surface area contributed by atoms with Gasteiger partial charge >= 0.3 is 0 Å². The molecule has 1 aromatic carbocycles. The molecule has 0 aliphatic heterocycles. The van der Waals surface area contributed by atoms with Gasteiger partial charge in [0, 0.05) is 12.0 Å². The number of benzene rings is 1. The molecule has 2 rings (SSSR count). The molecular weight excluding hydrogens is 247 g/mol. The van der Waals surface area contributed by atoms with E-state index in [4.69, 9.17) is 10.8 Å². The molecule has 1 aromatic heterocycles. The third-order valence-corrected chi connectivity index (χ3v) is 2.77. The lowest BCUT2D eigenvalue weighted by Crippen LogP contribution is -2.10. The van der Waals surface area contributed by atoms with Gasteiger partial charge in [0.1, 0.15) is 11.6 Å². The molecule has 19 heavy (non-hydrogen) atoms. The molecule has 0 fully saturated rings. The Kier molecular flexibility index (Phi) is 4.59. The summed E-state index contributed by atoms with van der Waals surface area (Å²) in [7, 11) is 0. The van der Waals surface area contributed by atoms with Crippen molar-refractivity contribution >= 4 is 0 Å². The molecule has 0 unspecified atom stereocenters. The van der Waals surface area contributed by atoms with Crippen LogP contribution in [0.15, 0.2) is 24.3 Å². The fourth-order valence-corrected chi connectivity index (χ4v) is 1.81. The molecule has 0 radical (unpaired) electrons. The number of rotatable bonds is 6. The van der Waals surface area contributed by atoms with Crippen molar-refractivity contribution in [2.75, 3.05) is 13.2 Å². The summed E-state index contributed by atoms with van der Waals surface area (Å²) < 4.78 is 14.6. The number of aryl methyl sites for hydroxylation is 1. The SMILES string of the molecule is NCCCc1nc(-c2ccc(F)cc2)nn1CCO. The minimum atomic E-state index is -0.290.